The molecule has 4 rings (SSSR count). The number of hydrogen-bond donors (Lipinski definition) is 1. The van der Waals surface area contributed by atoms with Gasteiger partial charge in [0.05, 0.1) is 0 Å². The second-order valence-electron chi connectivity index (χ2n) is 8.82. The van der Waals surface area contributed by atoms with Gasteiger partial charge < -0.3 is 10.2 Å². The van der Waals surface area contributed by atoms with Crippen molar-refractivity contribution in [3.05, 3.63) is 101 Å². The Balaban J connectivity index is 1.57. The number of nitrogens with zero attached hydrogens (tertiary/aromatic N) is 3. The summed E-state index contributed by atoms with van der Waals surface area (Å²) in [7, 11) is 0. The van der Waals surface area contributed by atoms with Gasteiger partial charge in [0.2, 0.25) is 5.91 Å². The van der Waals surface area contributed by atoms with Crippen LogP contribution in [0.1, 0.15) is 45.9 Å². The van der Waals surface area contributed by atoms with Gasteiger partial charge in [-0.3, -0.25) is 19.5 Å². The van der Waals surface area contributed by atoms with Crippen LogP contribution in [0.4, 0.5) is 0 Å². The van der Waals surface area contributed by atoms with Crippen molar-refractivity contribution in [1.82, 2.24) is 20.1 Å². The Morgan fingerprint density at radius 2 is 1.79 bits per heavy atom. The van der Waals surface area contributed by atoms with E-state index in [9.17, 15) is 9.59 Å². The Hall–Kier alpha value is -3.51. The standard InChI is InChI=1S/C28H32N4O2/c1-22-7-5-10-25(19-22)28(34)31-16-6-17-32(21-23-11-13-29-14-12-23)26(20-27(33)30-15-18-31)24-8-3-2-4-9-24/h2-5,7-14,19,26H,6,15-18,20-21H2,1H3,(H,30,33). The van der Waals surface area contributed by atoms with E-state index in [1.807, 2.05) is 66.4 Å². The zero-order valence-electron chi connectivity index (χ0n) is 19.7. The summed E-state index contributed by atoms with van der Waals surface area (Å²) in [6.45, 7) is 5.05. The Kier molecular flexibility index (Phi) is 8.04. The molecule has 1 fully saturated rings. The van der Waals surface area contributed by atoms with E-state index >= 15 is 0 Å². The van der Waals surface area contributed by atoms with Crippen LogP contribution in [-0.4, -0.2) is 52.8 Å². The molecule has 1 atom stereocenters. The van der Waals surface area contributed by atoms with Crippen molar-refractivity contribution in [2.75, 3.05) is 26.2 Å². The van der Waals surface area contributed by atoms with E-state index in [1.54, 1.807) is 12.4 Å². The number of aromatic nitrogens is 1. The van der Waals surface area contributed by atoms with Gasteiger partial charge >= 0.3 is 0 Å². The number of carbonyl (C=O) groups excluding carboxylic acids is 2. The lowest BCUT2D eigenvalue weighted by atomic mass is 10.00. The van der Waals surface area contributed by atoms with Crippen molar-refractivity contribution in [2.45, 2.75) is 32.4 Å². The van der Waals surface area contributed by atoms with Crippen molar-refractivity contribution >= 4 is 11.8 Å². The highest BCUT2D eigenvalue weighted by Gasteiger charge is 2.25. The fraction of sp³-hybridized carbons (Fsp3) is 0.321. The molecule has 1 aromatic heterocycles. The Labute approximate surface area is 201 Å². The SMILES string of the molecule is Cc1cccc(C(=O)N2CCCN(Cc3ccncc3)C(c3ccccc3)CC(=O)NCC2)c1. The molecule has 0 saturated carbocycles. The molecule has 0 spiro atoms. The summed E-state index contributed by atoms with van der Waals surface area (Å²) in [6.07, 6.45) is 4.80. The van der Waals surface area contributed by atoms with Gasteiger partial charge in [-0.05, 0) is 48.7 Å². The molecule has 0 aliphatic carbocycles. The van der Waals surface area contributed by atoms with Crippen molar-refractivity contribution < 1.29 is 9.59 Å². The maximum atomic E-state index is 13.2. The molecule has 3 aromatic rings. The highest BCUT2D eigenvalue weighted by molar-refractivity contribution is 5.94. The highest BCUT2D eigenvalue weighted by Crippen LogP contribution is 2.27. The number of aryl methyl sites for hydroxylation is 1. The van der Waals surface area contributed by atoms with Crippen molar-refractivity contribution in [3.8, 4) is 0 Å². The van der Waals surface area contributed by atoms with Crippen LogP contribution in [0.15, 0.2) is 79.1 Å². The number of benzene rings is 2. The normalized spacial score (nSPS) is 18.1. The Morgan fingerprint density at radius 3 is 2.56 bits per heavy atom. The van der Waals surface area contributed by atoms with E-state index in [2.05, 4.69) is 27.3 Å². The second kappa shape index (κ2) is 11.6. The number of amides is 2. The van der Waals surface area contributed by atoms with E-state index in [0.29, 0.717) is 38.2 Å². The quantitative estimate of drug-likeness (QED) is 0.645. The van der Waals surface area contributed by atoms with E-state index in [0.717, 1.165) is 29.7 Å². The summed E-state index contributed by atoms with van der Waals surface area (Å²) >= 11 is 0. The van der Waals surface area contributed by atoms with Gasteiger partial charge in [0.25, 0.3) is 5.91 Å². The molecule has 0 radical (unpaired) electrons. The van der Waals surface area contributed by atoms with Crippen molar-refractivity contribution in [2.24, 2.45) is 0 Å². The molecule has 6 nitrogen and oxygen atoms in total. The lowest BCUT2D eigenvalue weighted by Gasteiger charge is -2.32. The summed E-state index contributed by atoms with van der Waals surface area (Å²) in [5.41, 5.74) is 4.03. The predicted molar refractivity (Wildman–Crippen MR) is 133 cm³/mol. The van der Waals surface area contributed by atoms with Gasteiger partial charge in [0, 0.05) is 63.1 Å². The fourth-order valence-electron chi connectivity index (χ4n) is 4.52. The van der Waals surface area contributed by atoms with Gasteiger partial charge in [0.1, 0.15) is 0 Å². The fourth-order valence-corrected chi connectivity index (χ4v) is 4.52. The summed E-state index contributed by atoms with van der Waals surface area (Å²) in [5, 5.41) is 3.04. The van der Waals surface area contributed by atoms with E-state index in [1.165, 1.54) is 0 Å². The average molecular weight is 457 g/mol. The maximum Gasteiger partial charge on any atom is 0.253 e. The first-order chi connectivity index (χ1) is 16.6. The van der Waals surface area contributed by atoms with Gasteiger partial charge in [-0.2, -0.15) is 0 Å². The summed E-state index contributed by atoms with van der Waals surface area (Å²) < 4.78 is 0. The molecule has 6 heteroatoms. The van der Waals surface area contributed by atoms with E-state index < -0.39 is 0 Å². The third kappa shape index (κ3) is 6.29. The van der Waals surface area contributed by atoms with Crippen LogP contribution in [0.2, 0.25) is 0 Å². The molecule has 2 heterocycles. The minimum atomic E-state index is -0.0478. The lowest BCUT2D eigenvalue weighted by Crippen LogP contribution is -2.39. The molecule has 176 valence electrons. The van der Waals surface area contributed by atoms with Crippen LogP contribution in [0.25, 0.3) is 0 Å². The lowest BCUT2D eigenvalue weighted by molar-refractivity contribution is -0.122. The third-order valence-electron chi connectivity index (χ3n) is 6.27. The summed E-state index contributed by atoms with van der Waals surface area (Å²) in [4.78, 5) is 34.5. The van der Waals surface area contributed by atoms with E-state index in [-0.39, 0.29) is 17.9 Å². The van der Waals surface area contributed by atoms with Crippen molar-refractivity contribution in [1.29, 1.82) is 0 Å². The van der Waals surface area contributed by atoms with Gasteiger partial charge in [0.15, 0.2) is 0 Å². The first-order valence-corrected chi connectivity index (χ1v) is 11.9. The molecule has 1 N–H and O–H groups in total. The zero-order chi connectivity index (χ0) is 23.8. The van der Waals surface area contributed by atoms with Gasteiger partial charge in [-0.1, -0.05) is 48.0 Å². The van der Waals surface area contributed by atoms with Crippen LogP contribution in [-0.2, 0) is 11.3 Å². The first-order valence-electron chi connectivity index (χ1n) is 11.9. The van der Waals surface area contributed by atoms with E-state index in [4.69, 9.17) is 0 Å². The van der Waals surface area contributed by atoms with Crippen LogP contribution < -0.4 is 5.32 Å². The van der Waals surface area contributed by atoms with Gasteiger partial charge in [-0.15, -0.1) is 0 Å². The number of pyridine rings is 1. The van der Waals surface area contributed by atoms with Gasteiger partial charge in [-0.25, -0.2) is 0 Å². The predicted octanol–water partition coefficient (Wildman–Crippen LogP) is 3.99. The average Bonchev–Trinajstić information content (AvgIpc) is 2.89. The molecular weight excluding hydrogens is 424 g/mol. The number of carbonyl (C=O) groups is 2. The third-order valence-corrected chi connectivity index (χ3v) is 6.27. The van der Waals surface area contributed by atoms with Crippen LogP contribution in [0.5, 0.6) is 0 Å². The summed E-state index contributed by atoms with van der Waals surface area (Å²) in [6, 6.07) is 21.9. The molecule has 2 aromatic carbocycles. The topological polar surface area (TPSA) is 65.5 Å². The minimum absolute atomic E-state index is 0.00145. The Bertz CT molecular complexity index is 1090. The monoisotopic (exact) mass is 456 g/mol. The first kappa shape index (κ1) is 23.6. The molecule has 1 saturated heterocycles. The Morgan fingerprint density at radius 1 is 1.00 bits per heavy atom. The molecule has 1 unspecified atom stereocenters. The van der Waals surface area contributed by atoms with Crippen molar-refractivity contribution in [3.63, 3.8) is 0 Å². The maximum absolute atomic E-state index is 13.2. The van der Waals surface area contributed by atoms with Crippen LogP contribution in [0.3, 0.4) is 0 Å². The molecule has 0 bridgehead atoms. The summed E-state index contributed by atoms with van der Waals surface area (Å²) in [5.74, 6) is 0.0101. The van der Waals surface area contributed by atoms with Crippen LogP contribution in [0, 0.1) is 6.92 Å². The van der Waals surface area contributed by atoms with Crippen LogP contribution >= 0.6 is 0 Å². The molecule has 1 aliphatic rings. The number of hydrogen-bond acceptors (Lipinski definition) is 4. The second-order valence-corrected chi connectivity index (χ2v) is 8.82. The smallest absolute Gasteiger partial charge is 0.253 e. The number of rotatable bonds is 4. The molecular formula is C28H32N4O2. The molecule has 2 amide bonds. The number of nitrogens with one attached hydrogen (secondary N) is 1. The highest BCUT2D eigenvalue weighted by atomic mass is 16.2. The molecule has 1 aliphatic heterocycles. The molecule has 34 heavy (non-hydrogen) atoms. The minimum Gasteiger partial charge on any atom is -0.354 e. The zero-order valence-corrected chi connectivity index (χ0v) is 19.7. The largest absolute Gasteiger partial charge is 0.354 e.